The van der Waals surface area contributed by atoms with Crippen LogP contribution in [0.15, 0.2) is 18.2 Å². The van der Waals surface area contributed by atoms with E-state index in [4.69, 9.17) is 10.5 Å². The summed E-state index contributed by atoms with van der Waals surface area (Å²) in [6.07, 6.45) is 0. The smallest absolute Gasteiger partial charge is 0.119 e. The Morgan fingerprint density at radius 3 is 2.44 bits per heavy atom. The van der Waals surface area contributed by atoms with Gasteiger partial charge in [-0.3, -0.25) is 4.90 Å². The van der Waals surface area contributed by atoms with E-state index in [0.717, 1.165) is 32.0 Å². The summed E-state index contributed by atoms with van der Waals surface area (Å²) in [5.74, 6) is 1.58. The molecule has 2 rings (SSSR count). The molecule has 2 N–H and O–H groups in total. The van der Waals surface area contributed by atoms with Crippen molar-refractivity contribution in [3.8, 4) is 5.75 Å². The molecule has 2 unspecified atom stereocenters. The lowest BCUT2D eigenvalue weighted by molar-refractivity contribution is 0.233. The van der Waals surface area contributed by atoms with Crippen molar-refractivity contribution in [2.45, 2.75) is 26.8 Å². The van der Waals surface area contributed by atoms with Crippen LogP contribution in [0.25, 0.3) is 0 Å². The summed E-state index contributed by atoms with van der Waals surface area (Å²) in [5, 5.41) is 0. The largest absolute Gasteiger partial charge is 0.492 e. The van der Waals surface area contributed by atoms with Gasteiger partial charge in [0.25, 0.3) is 0 Å². The lowest BCUT2D eigenvalue weighted by Gasteiger charge is -2.16. The average Bonchev–Trinajstić information content (AvgIpc) is 2.57. The van der Waals surface area contributed by atoms with E-state index in [1.807, 2.05) is 0 Å². The molecule has 1 aromatic carbocycles. The normalized spacial score (nSPS) is 24.4. The fraction of sp³-hybridized carbons (Fsp3) is 0.600. The summed E-state index contributed by atoms with van der Waals surface area (Å²) in [6, 6.07) is 6.66. The Hall–Kier alpha value is -1.06. The van der Waals surface area contributed by atoms with Gasteiger partial charge in [-0.25, -0.2) is 0 Å². The number of likely N-dealkylation sites (tertiary alicyclic amines) is 1. The minimum Gasteiger partial charge on any atom is -0.492 e. The second kappa shape index (κ2) is 5.72. The van der Waals surface area contributed by atoms with Gasteiger partial charge in [-0.2, -0.15) is 0 Å². The van der Waals surface area contributed by atoms with Gasteiger partial charge in [0.2, 0.25) is 0 Å². The third kappa shape index (κ3) is 3.47. The number of rotatable bonds is 4. The van der Waals surface area contributed by atoms with E-state index in [2.05, 4.69) is 43.9 Å². The zero-order valence-electron chi connectivity index (χ0n) is 11.6. The molecule has 2 atom stereocenters. The van der Waals surface area contributed by atoms with Gasteiger partial charge < -0.3 is 10.5 Å². The van der Waals surface area contributed by atoms with Gasteiger partial charge in [-0.05, 0) is 43.0 Å². The first-order chi connectivity index (χ1) is 8.54. The van der Waals surface area contributed by atoms with Crippen LogP contribution < -0.4 is 10.5 Å². The molecular weight excluding hydrogens is 224 g/mol. The summed E-state index contributed by atoms with van der Waals surface area (Å²) in [7, 11) is 0. The van der Waals surface area contributed by atoms with Gasteiger partial charge in [0.15, 0.2) is 0 Å². The van der Waals surface area contributed by atoms with Gasteiger partial charge >= 0.3 is 0 Å². The molecular formula is C15H24N2O. The Balaban J connectivity index is 1.78. The maximum absolute atomic E-state index is 6.01. The van der Waals surface area contributed by atoms with E-state index in [-0.39, 0.29) is 0 Å². The zero-order chi connectivity index (χ0) is 13.1. The number of benzene rings is 1. The van der Waals surface area contributed by atoms with Gasteiger partial charge in [0.1, 0.15) is 12.4 Å². The van der Waals surface area contributed by atoms with Crippen LogP contribution in [0.2, 0.25) is 0 Å². The molecule has 1 heterocycles. The molecule has 1 saturated heterocycles. The summed E-state index contributed by atoms with van der Waals surface area (Å²) in [6.45, 7) is 10.2. The van der Waals surface area contributed by atoms with Crippen LogP contribution in [0.3, 0.4) is 0 Å². The third-order valence-corrected chi connectivity index (χ3v) is 3.62. The molecule has 1 fully saturated rings. The van der Waals surface area contributed by atoms with E-state index in [9.17, 15) is 0 Å². The molecule has 0 aliphatic carbocycles. The van der Waals surface area contributed by atoms with Gasteiger partial charge in [-0.15, -0.1) is 0 Å². The molecule has 0 spiro atoms. The molecule has 1 aromatic rings. The van der Waals surface area contributed by atoms with Crippen molar-refractivity contribution in [1.82, 2.24) is 4.90 Å². The summed E-state index contributed by atoms with van der Waals surface area (Å²) in [5.41, 5.74) is 8.51. The van der Waals surface area contributed by atoms with Crippen molar-refractivity contribution in [3.05, 3.63) is 29.3 Å². The maximum Gasteiger partial charge on any atom is 0.119 e. The van der Waals surface area contributed by atoms with E-state index in [0.29, 0.717) is 12.0 Å². The second-order valence-corrected chi connectivity index (χ2v) is 5.57. The highest BCUT2D eigenvalue weighted by atomic mass is 16.5. The Morgan fingerprint density at radius 2 is 1.89 bits per heavy atom. The van der Waals surface area contributed by atoms with E-state index >= 15 is 0 Å². The molecule has 100 valence electrons. The van der Waals surface area contributed by atoms with Crippen LogP contribution in [0.5, 0.6) is 5.75 Å². The van der Waals surface area contributed by atoms with Crippen LogP contribution in [-0.2, 0) is 0 Å². The summed E-state index contributed by atoms with van der Waals surface area (Å²) >= 11 is 0. The third-order valence-electron chi connectivity index (χ3n) is 3.62. The van der Waals surface area contributed by atoms with Gasteiger partial charge in [-0.1, -0.05) is 13.0 Å². The maximum atomic E-state index is 6.01. The molecule has 3 heteroatoms. The number of hydrogen-bond donors (Lipinski definition) is 1. The molecule has 0 amide bonds. The molecule has 18 heavy (non-hydrogen) atoms. The monoisotopic (exact) mass is 248 g/mol. The molecule has 0 radical (unpaired) electrons. The quantitative estimate of drug-likeness (QED) is 0.885. The Bertz CT molecular complexity index is 375. The second-order valence-electron chi connectivity index (χ2n) is 5.57. The van der Waals surface area contributed by atoms with Crippen LogP contribution in [-0.4, -0.2) is 37.2 Å². The number of hydrogen-bond acceptors (Lipinski definition) is 3. The summed E-state index contributed by atoms with van der Waals surface area (Å²) in [4.78, 5) is 2.39. The zero-order valence-corrected chi connectivity index (χ0v) is 11.6. The topological polar surface area (TPSA) is 38.5 Å². The van der Waals surface area contributed by atoms with Gasteiger partial charge in [0, 0.05) is 25.7 Å². The molecule has 1 aliphatic heterocycles. The highest BCUT2D eigenvalue weighted by Gasteiger charge is 2.25. The van der Waals surface area contributed by atoms with E-state index in [1.54, 1.807) is 0 Å². The number of aryl methyl sites for hydroxylation is 2. The van der Waals surface area contributed by atoms with Crippen molar-refractivity contribution in [1.29, 1.82) is 0 Å². The first kappa shape index (κ1) is 13.4. The predicted octanol–water partition coefficient (Wildman–Crippen LogP) is 1.96. The fourth-order valence-electron chi connectivity index (χ4n) is 2.59. The van der Waals surface area contributed by atoms with Crippen LogP contribution in [0.4, 0.5) is 0 Å². The molecule has 0 aromatic heterocycles. The SMILES string of the molecule is Cc1cc(C)cc(OCCN2CC(C)C(N)C2)c1. The lowest BCUT2D eigenvalue weighted by atomic mass is 10.1. The highest BCUT2D eigenvalue weighted by Crippen LogP contribution is 2.17. The van der Waals surface area contributed by atoms with Crippen LogP contribution in [0, 0.1) is 19.8 Å². The lowest BCUT2D eigenvalue weighted by Crippen LogP contribution is -2.30. The Kier molecular flexibility index (Phi) is 4.25. The van der Waals surface area contributed by atoms with Crippen molar-refractivity contribution in [2.24, 2.45) is 11.7 Å². The molecule has 0 bridgehead atoms. The molecule has 1 aliphatic rings. The summed E-state index contributed by atoms with van der Waals surface area (Å²) < 4.78 is 5.82. The van der Waals surface area contributed by atoms with Crippen molar-refractivity contribution < 1.29 is 4.74 Å². The van der Waals surface area contributed by atoms with Crippen molar-refractivity contribution >= 4 is 0 Å². The fourth-order valence-corrected chi connectivity index (χ4v) is 2.59. The number of nitrogens with zero attached hydrogens (tertiary/aromatic N) is 1. The standard InChI is InChI=1S/C15H24N2O/c1-11-6-12(2)8-14(7-11)18-5-4-17-9-13(3)15(16)10-17/h6-8,13,15H,4-5,9-10,16H2,1-3H3. The first-order valence-electron chi connectivity index (χ1n) is 6.73. The molecule has 0 saturated carbocycles. The van der Waals surface area contributed by atoms with Crippen molar-refractivity contribution in [3.63, 3.8) is 0 Å². The highest BCUT2D eigenvalue weighted by molar-refractivity contribution is 5.32. The Morgan fingerprint density at radius 1 is 1.22 bits per heavy atom. The molecule has 3 nitrogen and oxygen atoms in total. The predicted molar refractivity (Wildman–Crippen MR) is 75.0 cm³/mol. The van der Waals surface area contributed by atoms with Crippen molar-refractivity contribution in [2.75, 3.05) is 26.2 Å². The van der Waals surface area contributed by atoms with E-state index in [1.165, 1.54) is 11.1 Å². The number of ether oxygens (including phenoxy) is 1. The first-order valence-corrected chi connectivity index (χ1v) is 6.73. The number of nitrogens with two attached hydrogens (primary N) is 1. The average molecular weight is 248 g/mol. The Labute approximate surface area is 110 Å². The van der Waals surface area contributed by atoms with Crippen LogP contribution in [0.1, 0.15) is 18.1 Å². The van der Waals surface area contributed by atoms with Gasteiger partial charge in [0.05, 0.1) is 0 Å². The van der Waals surface area contributed by atoms with Crippen LogP contribution >= 0.6 is 0 Å². The minimum atomic E-state index is 0.325. The van der Waals surface area contributed by atoms with E-state index < -0.39 is 0 Å². The minimum absolute atomic E-state index is 0.325.